The molecule has 0 unspecified atom stereocenters. The van der Waals surface area contributed by atoms with Gasteiger partial charge in [-0.3, -0.25) is 4.79 Å². The summed E-state index contributed by atoms with van der Waals surface area (Å²) in [5.74, 6) is 1.52. The highest BCUT2D eigenvalue weighted by Crippen LogP contribution is 2.38. The van der Waals surface area contributed by atoms with Gasteiger partial charge in [0.15, 0.2) is 17.2 Å². The lowest BCUT2D eigenvalue weighted by molar-refractivity contribution is -0.104. The third-order valence-electron chi connectivity index (χ3n) is 5.35. The molecule has 0 radical (unpaired) electrons. The monoisotopic (exact) mass is 488 g/mol. The SMILES string of the molecule is COc1cc2ncnc(Nc3cc(Cl)c(O)c(Cl)c3)c2cc1OC1CCN(C=CC=O)CC1. The molecule has 8 nitrogen and oxygen atoms in total. The Morgan fingerprint density at radius 3 is 2.52 bits per heavy atom. The second-order valence-corrected chi connectivity index (χ2v) is 8.30. The second kappa shape index (κ2) is 10.1. The van der Waals surface area contributed by atoms with Crippen LogP contribution in [0, 0.1) is 0 Å². The quantitative estimate of drug-likeness (QED) is 0.274. The average Bonchev–Trinajstić information content (AvgIpc) is 2.82. The van der Waals surface area contributed by atoms with E-state index in [9.17, 15) is 9.90 Å². The third-order valence-corrected chi connectivity index (χ3v) is 5.92. The van der Waals surface area contributed by atoms with Crippen molar-refractivity contribution in [1.29, 1.82) is 0 Å². The summed E-state index contributed by atoms with van der Waals surface area (Å²) in [7, 11) is 1.58. The summed E-state index contributed by atoms with van der Waals surface area (Å²) in [6.07, 6.45) is 7.14. The van der Waals surface area contributed by atoms with Gasteiger partial charge in [0, 0.05) is 49.3 Å². The number of nitrogens with one attached hydrogen (secondary N) is 1. The normalized spacial score (nSPS) is 14.6. The molecule has 1 aliphatic rings. The number of likely N-dealkylation sites (tertiary alicyclic amines) is 1. The molecule has 172 valence electrons. The summed E-state index contributed by atoms with van der Waals surface area (Å²) in [6.45, 7) is 1.59. The number of halogens is 2. The van der Waals surface area contributed by atoms with Gasteiger partial charge in [-0.1, -0.05) is 23.2 Å². The van der Waals surface area contributed by atoms with Crippen LogP contribution in [0.4, 0.5) is 11.5 Å². The maximum absolute atomic E-state index is 10.5. The number of aldehydes is 1. The number of nitrogens with zero attached hydrogens (tertiary/aromatic N) is 3. The average molecular weight is 489 g/mol. The van der Waals surface area contributed by atoms with E-state index in [-0.39, 0.29) is 21.9 Å². The van der Waals surface area contributed by atoms with Crippen molar-refractivity contribution in [2.45, 2.75) is 18.9 Å². The van der Waals surface area contributed by atoms with Crippen LogP contribution in [0.3, 0.4) is 0 Å². The number of benzene rings is 2. The highest BCUT2D eigenvalue weighted by molar-refractivity contribution is 6.37. The van der Waals surface area contributed by atoms with Crippen molar-refractivity contribution in [3.05, 3.63) is 52.9 Å². The predicted octanol–water partition coefficient (Wildman–Crippen LogP) is 4.95. The first kappa shape index (κ1) is 22.9. The van der Waals surface area contributed by atoms with Crippen molar-refractivity contribution < 1.29 is 19.4 Å². The number of methoxy groups -OCH3 is 1. The van der Waals surface area contributed by atoms with Crippen LogP contribution in [0.15, 0.2) is 42.9 Å². The number of piperidine rings is 1. The minimum absolute atomic E-state index is 0.00739. The highest BCUT2D eigenvalue weighted by atomic mass is 35.5. The van der Waals surface area contributed by atoms with Gasteiger partial charge in [0.05, 0.1) is 22.7 Å². The Morgan fingerprint density at radius 1 is 1.12 bits per heavy atom. The lowest BCUT2D eigenvalue weighted by atomic mass is 10.1. The summed E-state index contributed by atoms with van der Waals surface area (Å²) < 4.78 is 11.8. The molecule has 3 aromatic rings. The number of fused-ring (bicyclic) bond motifs is 1. The Balaban J connectivity index is 1.60. The van der Waals surface area contributed by atoms with Crippen LogP contribution in [0.5, 0.6) is 17.2 Å². The molecule has 0 aliphatic carbocycles. The molecule has 2 heterocycles. The van der Waals surface area contributed by atoms with Gasteiger partial charge in [-0.25, -0.2) is 9.97 Å². The van der Waals surface area contributed by atoms with E-state index in [0.29, 0.717) is 28.5 Å². The molecule has 0 amide bonds. The molecule has 1 aromatic heterocycles. The molecule has 10 heteroatoms. The Labute approximate surface area is 200 Å². The maximum atomic E-state index is 10.5. The summed E-state index contributed by atoms with van der Waals surface area (Å²) >= 11 is 12.1. The first-order chi connectivity index (χ1) is 16.0. The van der Waals surface area contributed by atoms with E-state index in [2.05, 4.69) is 20.2 Å². The van der Waals surface area contributed by atoms with Crippen molar-refractivity contribution in [2.75, 3.05) is 25.5 Å². The van der Waals surface area contributed by atoms with Crippen LogP contribution in [-0.4, -0.2) is 52.6 Å². The van der Waals surface area contributed by atoms with Crippen LogP contribution in [0.1, 0.15) is 12.8 Å². The van der Waals surface area contributed by atoms with Crippen LogP contribution >= 0.6 is 23.2 Å². The number of carbonyl (C=O) groups excluding carboxylic acids is 1. The molecule has 2 N–H and O–H groups in total. The van der Waals surface area contributed by atoms with Crippen LogP contribution in [0.25, 0.3) is 10.9 Å². The zero-order valence-electron chi connectivity index (χ0n) is 17.8. The standard InChI is InChI=1S/C23H22Cl2N4O4/c1-32-20-12-19-16(11-21(20)33-15-3-6-29(7-4-15)5-2-8-30)23(27-13-26-19)28-14-9-17(24)22(31)18(25)10-14/h2,5,8-13,15,31H,3-4,6-7H2,1H3,(H,26,27,28). The van der Waals surface area contributed by atoms with Gasteiger partial charge in [0.2, 0.25) is 0 Å². The summed E-state index contributed by atoms with van der Waals surface area (Å²) in [4.78, 5) is 21.3. The van der Waals surface area contributed by atoms with Crippen molar-refractivity contribution >= 4 is 51.9 Å². The number of hydrogen-bond acceptors (Lipinski definition) is 8. The predicted molar refractivity (Wildman–Crippen MR) is 128 cm³/mol. The number of aromatic nitrogens is 2. The molecule has 0 bridgehead atoms. The molecular formula is C23H22Cl2N4O4. The number of allylic oxidation sites excluding steroid dienone is 1. The fraction of sp³-hybridized carbons (Fsp3) is 0.261. The Kier molecular flexibility index (Phi) is 7.05. The van der Waals surface area contributed by atoms with E-state index < -0.39 is 0 Å². The maximum Gasteiger partial charge on any atom is 0.162 e. The summed E-state index contributed by atoms with van der Waals surface area (Å²) in [5.41, 5.74) is 1.23. The molecule has 33 heavy (non-hydrogen) atoms. The minimum atomic E-state index is -0.176. The lowest BCUT2D eigenvalue weighted by Crippen LogP contribution is -2.35. The Hall–Kier alpha value is -3.23. The van der Waals surface area contributed by atoms with Crippen molar-refractivity contribution in [3.63, 3.8) is 0 Å². The fourth-order valence-electron chi connectivity index (χ4n) is 3.67. The second-order valence-electron chi connectivity index (χ2n) is 7.49. The van der Waals surface area contributed by atoms with Crippen LogP contribution < -0.4 is 14.8 Å². The molecular weight excluding hydrogens is 467 g/mol. The van der Waals surface area contributed by atoms with Crippen molar-refractivity contribution in [3.8, 4) is 17.2 Å². The number of phenols is 1. The highest BCUT2D eigenvalue weighted by Gasteiger charge is 2.21. The number of ether oxygens (including phenoxy) is 2. The zero-order valence-corrected chi connectivity index (χ0v) is 19.3. The minimum Gasteiger partial charge on any atom is -0.505 e. The molecule has 2 aromatic carbocycles. The van der Waals surface area contributed by atoms with Gasteiger partial charge >= 0.3 is 0 Å². The largest absolute Gasteiger partial charge is 0.505 e. The summed E-state index contributed by atoms with van der Waals surface area (Å²) in [6, 6.07) is 6.77. The van der Waals surface area contributed by atoms with Crippen LogP contribution in [0.2, 0.25) is 10.0 Å². The van der Waals surface area contributed by atoms with Gasteiger partial charge in [-0.2, -0.15) is 0 Å². The van der Waals surface area contributed by atoms with Crippen molar-refractivity contribution in [2.24, 2.45) is 0 Å². The number of hydrogen-bond donors (Lipinski definition) is 2. The first-order valence-corrected chi connectivity index (χ1v) is 11.0. The number of rotatable bonds is 7. The number of aromatic hydroxyl groups is 1. The number of carbonyl (C=O) groups is 1. The van der Waals surface area contributed by atoms with E-state index in [0.717, 1.165) is 37.6 Å². The fourth-order valence-corrected chi connectivity index (χ4v) is 4.16. The summed E-state index contributed by atoms with van der Waals surface area (Å²) in [5, 5.41) is 14.0. The van der Waals surface area contributed by atoms with Crippen molar-refractivity contribution in [1.82, 2.24) is 14.9 Å². The van der Waals surface area contributed by atoms with Crippen LogP contribution in [-0.2, 0) is 4.79 Å². The van der Waals surface area contributed by atoms with Gasteiger partial charge in [-0.15, -0.1) is 0 Å². The van der Waals surface area contributed by atoms with E-state index in [1.807, 2.05) is 6.07 Å². The van der Waals surface area contributed by atoms with E-state index in [4.69, 9.17) is 32.7 Å². The molecule has 1 aliphatic heterocycles. The van der Waals surface area contributed by atoms with E-state index in [1.165, 1.54) is 12.4 Å². The number of phenolic OH excluding ortho intramolecular Hbond substituents is 1. The van der Waals surface area contributed by atoms with Gasteiger partial charge in [0.25, 0.3) is 0 Å². The molecule has 0 atom stereocenters. The molecule has 0 spiro atoms. The van der Waals surface area contributed by atoms with Gasteiger partial charge < -0.3 is 24.8 Å². The first-order valence-electron chi connectivity index (χ1n) is 10.3. The Morgan fingerprint density at radius 2 is 1.85 bits per heavy atom. The lowest BCUT2D eigenvalue weighted by Gasteiger charge is -2.31. The topological polar surface area (TPSA) is 96.8 Å². The molecule has 1 fully saturated rings. The van der Waals surface area contributed by atoms with E-state index >= 15 is 0 Å². The van der Waals surface area contributed by atoms with E-state index in [1.54, 1.807) is 31.5 Å². The molecule has 0 saturated carbocycles. The molecule has 4 rings (SSSR count). The van der Waals surface area contributed by atoms with Gasteiger partial charge in [-0.05, 0) is 24.3 Å². The molecule has 1 saturated heterocycles. The smallest absolute Gasteiger partial charge is 0.162 e. The third kappa shape index (κ3) is 5.23. The Bertz CT molecular complexity index is 1170. The van der Waals surface area contributed by atoms with Gasteiger partial charge in [0.1, 0.15) is 24.5 Å². The zero-order chi connectivity index (χ0) is 23.4. The number of anilines is 2.